The molecule has 36 valence electrons. The first-order valence-electron chi connectivity index (χ1n) is 2.66. The van der Waals surface area contributed by atoms with Crippen LogP contribution in [0.1, 0.15) is 0 Å². The van der Waals surface area contributed by atoms with Crippen molar-refractivity contribution in [2.45, 2.75) is 0 Å². The van der Waals surface area contributed by atoms with Crippen LogP contribution in [-0.2, 0) is 0 Å². The molecule has 0 aliphatic carbocycles. The smallest absolute Gasteiger partial charge is 0.124 e. The van der Waals surface area contributed by atoms with Gasteiger partial charge in [-0.25, -0.2) is 0 Å². The molecule has 0 radical (unpaired) electrons. The molecule has 0 spiro atoms. The van der Waals surface area contributed by atoms with E-state index in [-0.39, 0.29) is 0 Å². The Morgan fingerprint density at radius 2 is 2.83 bits per heavy atom. The molecule has 6 heavy (non-hydrogen) atoms. The second-order valence-corrected chi connectivity index (χ2v) is 1.67. The van der Waals surface area contributed by atoms with Crippen LogP contribution in [0, 0.1) is 0 Å². The van der Waals surface area contributed by atoms with Gasteiger partial charge in [0.1, 0.15) is 1.41 Å². The van der Waals surface area contributed by atoms with Gasteiger partial charge in [0.05, 0.1) is 0 Å². The van der Waals surface area contributed by atoms with Crippen molar-refractivity contribution in [3.63, 3.8) is 0 Å². The molecule has 1 aliphatic heterocycles. The number of nitrogens with zero attached hydrogens (tertiary/aromatic N) is 1. The summed E-state index contributed by atoms with van der Waals surface area (Å²) in [4.78, 5) is 2.12. The molecule has 1 saturated heterocycles. The topological polar surface area (TPSA) is 15.3 Å². The van der Waals surface area contributed by atoms with Gasteiger partial charge in [-0.2, -0.15) is 0 Å². The lowest BCUT2D eigenvalue weighted by atomic mass is 10.7. The fourth-order valence-corrected chi connectivity index (χ4v) is 0.554. The average molecular weight is 88.1 g/mol. The quantitative estimate of drug-likeness (QED) is 0.428. The van der Waals surface area contributed by atoms with E-state index in [2.05, 4.69) is 4.90 Å². The molecule has 0 amide bonds. The van der Waals surface area contributed by atoms with Crippen LogP contribution in [0.25, 0.3) is 0 Å². The van der Waals surface area contributed by atoms with Crippen LogP contribution in [0.3, 0.4) is 0 Å². The lowest BCUT2D eigenvalue weighted by molar-refractivity contribution is 0.412. The summed E-state index contributed by atoms with van der Waals surface area (Å²) in [6, 6.07) is 0. The zero-order valence-electron chi connectivity index (χ0n) is 5.02. The average Bonchev–Trinajstić information content (AvgIpc) is 1.87. The Kier molecular flexibility index (Phi) is 0.787. The summed E-state index contributed by atoms with van der Waals surface area (Å²) in [7, 11) is 2.02. The van der Waals surface area contributed by atoms with Crippen molar-refractivity contribution in [1.29, 1.82) is 0 Å². The van der Waals surface area contributed by atoms with Crippen LogP contribution in [0.2, 0.25) is 1.41 Å². The van der Waals surface area contributed by atoms with Crippen molar-refractivity contribution < 1.29 is 1.41 Å². The summed E-state index contributed by atoms with van der Waals surface area (Å²) in [6.45, 7) is 2.75. The van der Waals surface area contributed by atoms with Crippen molar-refractivity contribution in [3.05, 3.63) is 0 Å². The zero-order valence-corrected chi connectivity index (χ0v) is 4.02. The fraction of sp³-hybridized carbons (Fsp3) is 1.00. The molecule has 0 bridgehead atoms. The van der Waals surface area contributed by atoms with E-state index in [1.165, 1.54) is 0 Å². The first-order valence-corrected chi connectivity index (χ1v) is 2.21. The first-order chi connectivity index (χ1) is 3.29. The summed E-state index contributed by atoms with van der Waals surface area (Å²) < 4.78 is 7.05. The third-order valence-corrected chi connectivity index (χ3v) is 0.981. The molecule has 2 heteroatoms. The van der Waals surface area contributed by atoms with E-state index in [1.807, 2.05) is 7.05 Å². The van der Waals surface area contributed by atoms with E-state index in [9.17, 15) is 0 Å². The number of nitrogens with one attached hydrogen (secondary N) is 1. The minimum absolute atomic E-state index is 0.806. The molecule has 1 N–H and O–H groups in total. The van der Waals surface area contributed by atoms with Gasteiger partial charge in [-0.3, -0.25) is 4.90 Å². The Hall–Kier alpha value is -0.0800. The van der Waals surface area contributed by atoms with Crippen molar-refractivity contribution in [2.24, 2.45) is 0 Å². The highest BCUT2D eigenvalue weighted by atomic mass is 15.3. The molecule has 0 aromatic rings. The van der Waals surface area contributed by atoms with Gasteiger partial charge in [-0.1, -0.05) is 0 Å². The predicted octanol–water partition coefficient (Wildman–Crippen LogP) is -0.521. The van der Waals surface area contributed by atoms with Gasteiger partial charge < -0.3 is 5.31 Å². The molecule has 1 rings (SSSR count). The monoisotopic (exact) mass is 88.1 g/mol. The number of hydrogen-bond acceptors (Lipinski definition) is 2. The second kappa shape index (κ2) is 1.58. The van der Waals surface area contributed by atoms with E-state index in [0.29, 0.717) is 0 Å². The molecule has 1 heterocycles. The maximum atomic E-state index is 7.05. The van der Waals surface area contributed by atoms with Crippen LogP contribution >= 0.6 is 0 Å². The molecule has 0 atom stereocenters. The highest BCUT2D eigenvalue weighted by Gasteiger charge is 2.01. The SMILES string of the molecule is [3H]N1CCN(C)C1. The molecule has 0 aromatic carbocycles. The number of hydrogen-bond donors (Lipinski definition) is 1. The van der Waals surface area contributed by atoms with Crippen molar-refractivity contribution >= 4 is 0 Å². The van der Waals surface area contributed by atoms with Crippen molar-refractivity contribution in [3.8, 4) is 0 Å². The minimum atomic E-state index is 0.806. The zero-order chi connectivity index (χ0) is 5.28. The Bertz CT molecular complexity index is 58.7. The van der Waals surface area contributed by atoms with E-state index in [1.54, 1.807) is 5.31 Å². The van der Waals surface area contributed by atoms with E-state index >= 15 is 0 Å². The fourth-order valence-electron chi connectivity index (χ4n) is 0.554. The molecule has 2 nitrogen and oxygen atoms in total. The first kappa shape index (κ1) is 2.99. The summed E-state index contributed by atoms with van der Waals surface area (Å²) in [5, 5.41) is 1.56. The maximum Gasteiger partial charge on any atom is 0.124 e. The summed E-state index contributed by atoms with van der Waals surface area (Å²) in [6.07, 6.45) is 0. The highest BCUT2D eigenvalue weighted by Crippen LogP contribution is 1.82. The second-order valence-electron chi connectivity index (χ2n) is 1.67. The van der Waals surface area contributed by atoms with E-state index in [4.69, 9.17) is 1.41 Å². The third-order valence-electron chi connectivity index (χ3n) is 0.981. The molecule has 0 aromatic heterocycles. The summed E-state index contributed by atoms with van der Waals surface area (Å²) >= 11 is 0. The van der Waals surface area contributed by atoms with E-state index in [0.717, 1.165) is 19.8 Å². The normalized spacial score (nSPS) is 31.2. The van der Waals surface area contributed by atoms with Crippen molar-refractivity contribution in [1.82, 2.24) is 10.2 Å². The summed E-state index contributed by atoms with van der Waals surface area (Å²) in [5.74, 6) is 0. The Morgan fingerprint density at radius 3 is 3.00 bits per heavy atom. The van der Waals surface area contributed by atoms with E-state index < -0.39 is 0 Å². The largest absolute Gasteiger partial charge is 0.303 e. The van der Waals surface area contributed by atoms with Gasteiger partial charge in [0, 0.05) is 19.8 Å². The molecular weight excluding hydrogens is 76.1 g/mol. The van der Waals surface area contributed by atoms with Gasteiger partial charge in [0.25, 0.3) is 0 Å². The Balaban J connectivity index is 2.26. The number of likely N-dealkylation sites (N-methyl/N-ethyl adjacent to an activating group) is 1. The van der Waals surface area contributed by atoms with Crippen LogP contribution in [0.5, 0.6) is 0 Å². The molecular formula is C4H10N2. The van der Waals surface area contributed by atoms with Crippen LogP contribution < -0.4 is 5.31 Å². The Morgan fingerprint density at radius 1 is 2.00 bits per heavy atom. The summed E-state index contributed by atoms with van der Waals surface area (Å²) in [5.41, 5.74) is 0. The van der Waals surface area contributed by atoms with Gasteiger partial charge >= 0.3 is 0 Å². The standard InChI is InChI=1S/C4H10N2/c1-6-3-2-5-4-6/h5H,2-4H2,1H3/i/hT. The van der Waals surface area contributed by atoms with Gasteiger partial charge in [0.2, 0.25) is 0 Å². The molecule has 1 aliphatic rings. The maximum absolute atomic E-state index is 7.05. The van der Waals surface area contributed by atoms with Crippen LogP contribution in [-0.4, -0.2) is 31.7 Å². The predicted molar refractivity (Wildman–Crippen MR) is 25.5 cm³/mol. The van der Waals surface area contributed by atoms with Crippen LogP contribution in [0.15, 0.2) is 0 Å². The molecule has 1 fully saturated rings. The lowest BCUT2D eigenvalue weighted by Gasteiger charge is -1.99. The Labute approximate surface area is 39.6 Å². The van der Waals surface area contributed by atoms with Gasteiger partial charge in [0.15, 0.2) is 0 Å². The number of rotatable bonds is 0. The third kappa shape index (κ3) is 0.698. The van der Waals surface area contributed by atoms with Crippen molar-refractivity contribution in [2.75, 3.05) is 26.8 Å². The molecule has 0 unspecified atom stereocenters. The van der Waals surface area contributed by atoms with Crippen LogP contribution in [0.4, 0.5) is 0 Å². The highest BCUT2D eigenvalue weighted by molar-refractivity contribution is 4.59. The van der Waals surface area contributed by atoms with Gasteiger partial charge in [-0.05, 0) is 7.05 Å². The lowest BCUT2D eigenvalue weighted by Crippen LogP contribution is -2.15. The minimum Gasteiger partial charge on any atom is -0.303 e. The van der Waals surface area contributed by atoms with Gasteiger partial charge in [-0.15, -0.1) is 0 Å². The molecule has 0 saturated carbocycles.